The standard InChI is InChI=1S/C23H26N2O2.ClH/c1-14(26)15-3-8-20-19(13-15)23-18-7-10-22(27)17(18)6-9-21(23)25(20)12-2-11-24-16-4-5-16;/h3,6,8-9,13,16,21,23-24H,2,4-5,7,10-12H2,1H3;1H. The van der Waals surface area contributed by atoms with Crippen LogP contribution in [0.4, 0.5) is 5.69 Å². The first-order valence-electron chi connectivity index (χ1n) is 10.2. The molecule has 3 aliphatic carbocycles. The lowest BCUT2D eigenvalue weighted by molar-refractivity contribution is -0.114. The van der Waals surface area contributed by atoms with E-state index in [9.17, 15) is 9.59 Å². The third kappa shape index (κ3) is 3.23. The third-order valence-electron chi connectivity index (χ3n) is 6.47. The highest BCUT2D eigenvalue weighted by molar-refractivity contribution is 6.02. The van der Waals surface area contributed by atoms with Gasteiger partial charge in [0, 0.05) is 41.7 Å². The lowest BCUT2D eigenvalue weighted by atomic mass is 9.81. The monoisotopic (exact) mass is 398 g/mol. The van der Waals surface area contributed by atoms with Gasteiger partial charge in [-0.2, -0.15) is 0 Å². The fourth-order valence-electron chi connectivity index (χ4n) is 4.94. The van der Waals surface area contributed by atoms with Crippen molar-refractivity contribution in [2.75, 3.05) is 18.0 Å². The minimum atomic E-state index is 0. The van der Waals surface area contributed by atoms with E-state index in [1.165, 1.54) is 29.7 Å². The van der Waals surface area contributed by atoms with Crippen LogP contribution in [0.2, 0.25) is 0 Å². The second-order valence-corrected chi connectivity index (χ2v) is 8.29. The van der Waals surface area contributed by atoms with E-state index in [4.69, 9.17) is 0 Å². The van der Waals surface area contributed by atoms with Gasteiger partial charge in [-0.3, -0.25) is 9.59 Å². The van der Waals surface area contributed by atoms with Gasteiger partial charge in [-0.1, -0.05) is 12.2 Å². The molecule has 1 heterocycles. The zero-order valence-electron chi connectivity index (χ0n) is 16.2. The number of carbonyl (C=O) groups is 2. The maximum absolute atomic E-state index is 12.3. The van der Waals surface area contributed by atoms with E-state index in [1.54, 1.807) is 6.92 Å². The molecule has 1 fully saturated rings. The van der Waals surface area contributed by atoms with Crippen LogP contribution in [0.25, 0.3) is 0 Å². The number of nitrogens with one attached hydrogen (secondary N) is 1. The molecule has 1 aromatic rings. The van der Waals surface area contributed by atoms with E-state index >= 15 is 0 Å². The Kier molecular flexibility index (Phi) is 5.19. The Balaban J connectivity index is 0.00000192. The highest BCUT2D eigenvalue weighted by Crippen LogP contribution is 2.51. The molecule has 0 bridgehead atoms. The van der Waals surface area contributed by atoms with Crippen LogP contribution in [0.3, 0.4) is 0 Å². The first-order chi connectivity index (χ1) is 13.1. The number of benzene rings is 1. The number of carbonyl (C=O) groups excluding carboxylic acids is 2. The first kappa shape index (κ1) is 19.4. The van der Waals surface area contributed by atoms with Crippen molar-refractivity contribution in [3.05, 3.63) is 52.6 Å². The second-order valence-electron chi connectivity index (χ2n) is 8.29. The van der Waals surface area contributed by atoms with Crippen molar-refractivity contribution >= 4 is 29.7 Å². The summed E-state index contributed by atoms with van der Waals surface area (Å²) in [6.07, 6.45) is 9.50. The molecular formula is C23H27ClN2O2. The fraction of sp³-hybridized carbons (Fsp3) is 0.478. The molecule has 0 amide bonds. The third-order valence-corrected chi connectivity index (χ3v) is 6.47. The Morgan fingerprint density at radius 1 is 1.25 bits per heavy atom. The van der Waals surface area contributed by atoms with Crippen LogP contribution >= 0.6 is 12.4 Å². The van der Waals surface area contributed by atoms with Gasteiger partial charge in [0.05, 0.1) is 6.04 Å². The molecule has 28 heavy (non-hydrogen) atoms. The molecule has 1 saturated carbocycles. The Morgan fingerprint density at radius 2 is 2.07 bits per heavy atom. The molecule has 5 heteroatoms. The van der Waals surface area contributed by atoms with Gasteiger partial charge in [0.2, 0.25) is 0 Å². The van der Waals surface area contributed by atoms with Crippen LogP contribution in [0.1, 0.15) is 60.9 Å². The van der Waals surface area contributed by atoms with Crippen molar-refractivity contribution in [2.45, 2.75) is 57.0 Å². The van der Waals surface area contributed by atoms with Crippen LogP contribution < -0.4 is 10.2 Å². The van der Waals surface area contributed by atoms with Crippen LogP contribution in [0, 0.1) is 0 Å². The molecule has 1 aromatic carbocycles. The molecule has 0 spiro atoms. The van der Waals surface area contributed by atoms with Crippen molar-refractivity contribution < 1.29 is 9.59 Å². The van der Waals surface area contributed by atoms with Crippen LogP contribution in [0.5, 0.6) is 0 Å². The van der Waals surface area contributed by atoms with Crippen molar-refractivity contribution in [2.24, 2.45) is 0 Å². The minimum Gasteiger partial charge on any atom is -0.364 e. The topological polar surface area (TPSA) is 49.4 Å². The Labute approximate surface area is 172 Å². The molecule has 148 valence electrons. The first-order valence-corrected chi connectivity index (χ1v) is 10.2. The Bertz CT molecular complexity index is 885. The van der Waals surface area contributed by atoms with Gasteiger partial charge >= 0.3 is 0 Å². The largest absolute Gasteiger partial charge is 0.364 e. The van der Waals surface area contributed by atoms with Gasteiger partial charge < -0.3 is 10.2 Å². The number of fused-ring (bicyclic) bond motifs is 4. The molecule has 5 rings (SSSR count). The maximum Gasteiger partial charge on any atom is 0.163 e. The Morgan fingerprint density at radius 3 is 2.82 bits per heavy atom. The molecule has 0 radical (unpaired) electrons. The van der Waals surface area contributed by atoms with Crippen LogP contribution in [-0.2, 0) is 4.79 Å². The summed E-state index contributed by atoms with van der Waals surface area (Å²) in [7, 11) is 0. The number of nitrogens with zero attached hydrogens (tertiary/aromatic N) is 1. The van der Waals surface area contributed by atoms with E-state index < -0.39 is 0 Å². The molecule has 2 atom stereocenters. The summed E-state index contributed by atoms with van der Waals surface area (Å²) in [6, 6.07) is 7.15. The zero-order chi connectivity index (χ0) is 18.5. The summed E-state index contributed by atoms with van der Waals surface area (Å²) in [5.74, 6) is 0.600. The van der Waals surface area contributed by atoms with Crippen LogP contribution in [-0.4, -0.2) is 36.7 Å². The molecule has 4 aliphatic rings. The lowest BCUT2D eigenvalue weighted by Gasteiger charge is -2.31. The molecule has 1 N–H and O–H groups in total. The van der Waals surface area contributed by atoms with Crippen molar-refractivity contribution in [1.29, 1.82) is 0 Å². The summed E-state index contributed by atoms with van der Waals surface area (Å²) in [5, 5.41) is 3.60. The average molecular weight is 399 g/mol. The van der Waals surface area contributed by atoms with Gasteiger partial charge in [0.25, 0.3) is 0 Å². The summed E-state index contributed by atoms with van der Waals surface area (Å²) >= 11 is 0. The van der Waals surface area contributed by atoms with E-state index in [0.29, 0.717) is 6.42 Å². The smallest absolute Gasteiger partial charge is 0.163 e. The number of rotatable bonds is 6. The fourth-order valence-corrected chi connectivity index (χ4v) is 4.94. The van der Waals surface area contributed by atoms with Crippen molar-refractivity contribution in [3.8, 4) is 0 Å². The number of allylic oxidation sites excluding steroid dienone is 2. The summed E-state index contributed by atoms with van der Waals surface area (Å²) < 4.78 is 0. The van der Waals surface area contributed by atoms with E-state index in [0.717, 1.165) is 43.1 Å². The van der Waals surface area contributed by atoms with Gasteiger partial charge in [0.15, 0.2) is 11.6 Å². The van der Waals surface area contributed by atoms with Crippen molar-refractivity contribution in [3.63, 3.8) is 0 Å². The highest BCUT2D eigenvalue weighted by atomic mass is 35.5. The highest BCUT2D eigenvalue weighted by Gasteiger charge is 2.43. The summed E-state index contributed by atoms with van der Waals surface area (Å²) in [4.78, 5) is 26.7. The molecule has 0 aromatic heterocycles. The summed E-state index contributed by atoms with van der Waals surface area (Å²) in [5.41, 5.74) is 5.44. The molecular weight excluding hydrogens is 372 g/mol. The second kappa shape index (κ2) is 7.49. The lowest BCUT2D eigenvalue weighted by Crippen LogP contribution is -2.36. The molecule has 2 unspecified atom stereocenters. The number of hydrogen-bond donors (Lipinski definition) is 1. The number of ketones is 2. The molecule has 1 aliphatic heterocycles. The quantitative estimate of drug-likeness (QED) is 0.582. The minimum absolute atomic E-state index is 0. The van der Waals surface area contributed by atoms with E-state index in [1.807, 2.05) is 6.07 Å². The number of Topliss-reactive ketones (excluding diaryl/α,β-unsaturated/α-hetero) is 2. The average Bonchev–Trinajstić information content (AvgIpc) is 3.34. The zero-order valence-corrected chi connectivity index (χ0v) is 17.1. The molecule has 4 nitrogen and oxygen atoms in total. The number of anilines is 1. The number of hydrogen-bond acceptors (Lipinski definition) is 4. The predicted octanol–water partition coefficient (Wildman–Crippen LogP) is 3.95. The molecule has 0 saturated heterocycles. The van der Waals surface area contributed by atoms with Gasteiger partial charge in [-0.05, 0) is 68.5 Å². The Hall–Kier alpha value is -1.91. The van der Waals surface area contributed by atoms with Gasteiger partial charge in [-0.15, -0.1) is 12.4 Å². The summed E-state index contributed by atoms with van der Waals surface area (Å²) in [6.45, 7) is 3.67. The van der Waals surface area contributed by atoms with E-state index in [2.05, 4.69) is 34.5 Å². The predicted molar refractivity (Wildman–Crippen MR) is 114 cm³/mol. The maximum atomic E-state index is 12.3. The normalized spacial score (nSPS) is 24.8. The van der Waals surface area contributed by atoms with Crippen molar-refractivity contribution in [1.82, 2.24) is 5.32 Å². The SMILES string of the molecule is CC(=O)c1ccc2c(c1)C1C3=C(C=CC1N2CCCNC1CC1)C(=O)CC3.Cl. The van der Waals surface area contributed by atoms with Gasteiger partial charge in [0.1, 0.15) is 0 Å². The number of halogens is 1. The van der Waals surface area contributed by atoms with E-state index in [-0.39, 0.29) is 35.9 Å². The van der Waals surface area contributed by atoms with Gasteiger partial charge in [-0.25, -0.2) is 0 Å². The van der Waals surface area contributed by atoms with Crippen LogP contribution in [0.15, 0.2) is 41.5 Å².